The molecule has 1 aromatic heterocycles. The van der Waals surface area contributed by atoms with Crippen LogP contribution in [0.2, 0.25) is 5.02 Å². The van der Waals surface area contributed by atoms with E-state index < -0.39 is 6.10 Å². The molecule has 5 heteroatoms. The summed E-state index contributed by atoms with van der Waals surface area (Å²) in [4.78, 5) is 2.05. The molecule has 90 valence electrons. The van der Waals surface area contributed by atoms with Gasteiger partial charge < -0.3 is 5.11 Å². The zero-order chi connectivity index (χ0) is 12.6. The number of hydrogen-bond acceptors (Lipinski definition) is 2. The van der Waals surface area contributed by atoms with Crippen molar-refractivity contribution in [3.05, 3.63) is 53.6 Å². The van der Waals surface area contributed by atoms with Gasteiger partial charge in [0.15, 0.2) is 0 Å². The maximum Gasteiger partial charge on any atom is 0.115 e. The van der Waals surface area contributed by atoms with Gasteiger partial charge in [0.2, 0.25) is 0 Å². The number of halogens is 3. The molecular weight excluding hydrogens is 387 g/mol. The lowest BCUT2D eigenvalue weighted by molar-refractivity contribution is 0.222. The molecule has 0 bridgehead atoms. The van der Waals surface area contributed by atoms with E-state index in [4.69, 9.17) is 11.6 Å². The number of aliphatic hydroxyl groups is 1. The second kappa shape index (κ2) is 5.41. The van der Waals surface area contributed by atoms with Crippen LogP contribution in [0.25, 0.3) is 0 Å². The van der Waals surface area contributed by atoms with Crippen LogP contribution >= 0.6 is 54.8 Å². The van der Waals surface area contributed by atoms with Crippen molar-refractivity contribution in [1.29, 1.82) is 0 Å². The third-order valence-electron chi connectivity index (χ3n) is 2.34. The summed E-state index contributed by atoms with van der Waals surface area (Å²) in [5.74, 6) is 0. The molecule has 1 heterocycles. The average Bonchev–Trinajstić information content (AvgIpc) is 2.60. The lowest BCUT2D eigenvalue weighted by atomic mass is 10.1. The lowest BCUT2D eigenvalue weighted by Crippen LogP contribution is -1.99. The first-order valence-corrected chi connectivity index (χ1v) is 7.66. The van der Waals surface area contributed by atoms with Crippen molar-refractivity contribution in [2.24, 2.45) is 0 Å². The minimum atomic E-state index is -0.670. The van der Waals surface area contributed by atoms with Crippen molar-refractivity contribution >= 4 is 54.8 Å². The first-order valence-electron chi connectivity index (χ1n) is 4.88. The molecule has 2 rings (SSSR count). The van der Waals surface area contributed by atoms with Gasteiger partial charge in [-0.1, -0.05) is 27.5 Å². The third kappa shape index (κ3) is 2.93. The van der Waals surface area contributed by atoms with Crippen molar-refractivity contribution in [2.75, 3.05) is 0 Å². The molecule has 0 amide bonds. The van der Waals surface area contributed by atoms with Gasteiger partial charge in [-0.05, 0) is 47.1 Å². The molecule has 0 aliphatic carbocycles. The molecule has 1 unspecified atom stereocenters. The van der Waals surface area contributed by atoms with Crippen LogP contribution in [0.15, 0.2) is 33.2 Å². The van der Waals surface area contributed by atoms with E-state index in [1.807, 2.05) is 19.1 Å². The van der Waals surface area contributed by atoms with Gasteiger partial charge in [-0.25, -0.2) is 0 Å². The Bertz CT molecular complexity index is 553. The zero-order valence-corrected chi connectivity index (χ0v) is 13.6. The molecule has 1 aromatic carbocycles. The predicted molar refractivity (Wildman–Crippen MR) is 80.0 cm³/mol. The van der Waals surface area contributed by atoms with Crippen LogP contribution < -0.4 is 0 Å². The van der Waals surface area contributed by atoms with Gasteiger partial charge in [-0.15, -0.1) is 11.3 Å². The number of aryl methyl sites for hydroxylation is 1. The molecule has 0 aliphatic heterocycles. The molecule has 0 radical (unpaired) electrons. The van der Waals surface area contributed by atoms with E-state index in [9.17, 15) is 5.11 Å². The molecule has 0 fully saturated rings. The van der Waals surface area contributed by atoms with Crippen LogP contribution in [0.1, 0.15) is 21.4 Å². The fourth-order valence-electron chi connectivity index (χ4n) is 1.55. The van der Waals surface area contributed by atoms with Gasteiger partial charge >= 0.3 is 0 Å². The Hall–Kier alpha value is 0.130. The third-order valence-corrected chi connectivity index (χ3v) is 5.32. The van der Waals surface area contributed by atoms with Crippen molar-refractivity contribution in [3.8, 4) is 0 Å². The smallest absolute Gasteiger partial charge is 0.115 e. The Morgan fingerprint density at radius 1 is 1.24 bits per heavy atom. The molecule has 0 saturated carbocycles. The van der Waals surface area contributed by atoms with Crippen LogP contribution in [-0.2, 0) is 0 Å². The highest BCUT2D eigenvalue weighted by atomic mass is 79.9. The molecule has 0 saturated heterocycles. The predicted octanol–water partition coefficient (Wildman–Crippen LogP) is 5.32. The second-order valence-corrected chi connectivity index (χ2v) is 7.07. The van der Waals surface area contributed by atoms with Gasteiger partial charge in [0.05, 0.1) is 4.88 Å². The highest BCUT2D eigenvalue weighted by Gasteiger charge is 2.19. The fraction of sp³-hybridized carbons (Fsp3) is 0.167. The Labute approximate surface area is 126 Å². The number of aliphatic hydroxyl groups excluding tert-OH is 1. The van der Waals surface area contributed by atoms with Crippen molar-refractivity contribution in [2.45, 2.75) is 13.0 Å². The van der Waals surface area contributed by atoms with E-state index in [0.29, 0.717) is 5.02 Å². The Morgan fingerprint density at radius 2 is 1.94 bits per heavy atom. The van der Waals surface area contributed by atoms with E-state index in [-0.39, 0.29) is 0 Å². The summed E-state index contributed by atoms with van der Waals surface area (Å²) in [6, 6.07) is 7.41. The van der Waals surface area contributed by atoms with Crippen molar-refractivity contribution < 1.29 is 5.11 Å². The van der Waals surface area contributed by atoms with E-state index in [0.717, 1.165) is 24.3 Å². The van der Waals surface area contributed by atoms with Gasteiger partial charge in [0.25, 0.3) is 0 Å². The van der Waals surface area contributed by atoms with Gasteiger partial charge in [-0.3, -0.25) is 0 Å². The monoisotopic (exact) mass is 394 g/mol. The number of thiophene rings is 1. The summed E-state index contributed by atoms with van der Waals surface area (Å²) >= 11 is 14.4. The molecular formula is C12H9Br2ClOS. The summed E-state index contributed by atoms with van der Waals surface area (Å²) in [5.41, 5.74) is 0.778. The van der Waals surface area contributed by atoms with E-state index in [1.54, 1.807) is 23.5 Å². The van der Waals surface area contributed by atoms with Crippen molar-refractivity contribution in [3.63, 3.8) is 0 Å². The Balaban J connectivity index is 2.46. The molecule has 0 aliphatic rings. The standard InChI is InChI=1S/C12H9Br2ClOS/c1-6-4-10(14)12(17-6)11(16)8-5-7(15)2-3-9(8)13/h2-5,11,16H,1H3. The van der Waals surface area contributed by atoms with Gasteiger partial charge in [0.1, 0.15) is 6.10 Å². The van der Waals surface area contributed by atoms with Gasteiger partial charge in [0, 0.05) is 24.4 Å². The highest BCUT2D eigenvalue weighted by molar-refractivity contribution is 9.10. The van der Waals surface area contributed by atoms with Crippen LogP contribution in [0.3, 0.4) is 0 Å². The van der Waals surface area contributed by atoms with Crippen LogP contribution in [0, 0.1) is 6.92 Å². The van der Waals surface area contributed by atoms with Crippen molar-refractivity contribution in [1.82, 2.24) is 0 Å². The second-order valence-electron chi connectivity index (χ2n) is 3.64. The van der Waals surface area contributed by atoms with Crippen LogP contribution in [-0.4, -0.2) is 5.11 Å². The summed E-state index contributed by atoms with van der Waals surface area (Å²) in [6.45, 7) is 2.01. The number of hydrogen-bond donors (Lipinski definition) is 1. The molecule has 1 atom stereocenters. The van der Waals surface area contributed by atoms with Gasteiger partial charge in [-0.2, -0.15) is 0 Å². The van der Waals surface area contributed by atoms with Crippen LogP contribution in [0.5, 0.6) is 0 Å². The average molecular weight is 397 g/mol. The lowest BCUT2D eigenvalue weighted by Gasteiger charge is -2.12. The summed E-state index contributed by atoms with van der Waals surface area (Å²) in [7, 11) is 0. The Kier molecular flexibility index (Phi) is 4.31. The zero-order valence-electron chi connectivity index (χ0n) is 8.88. The quantitative estimate of drug-likeness (QED) is 0.729. The number of rotatable bonds is 2. The summed E-state index contributed by atoms with van der Waals surface area (Å²) in [6.07, 6.45) is -0.670. The Morgan fingerprint density at radius 3 is 2.53 bits per heavy atom. The largest absolute Gasteiger partial charge is 0.383 e. The van der Waals surface area contributed by atoms with Crippen LogP contribution in [0.4, 0.5) is 0 Å². The van der Waals surface area contributed by atoms with E-state index in [2.05, 4.69) is 31.9 Å². The SMILES string of the molecule is Cc1cc(Br)c(C(O)c2cc(Cl)ccc2Br)s1. The summed E-state index contributed by atoms with van der Waals surface area (Å²) < 4.78 is 1.78. The molecule has 0 spiro atoms. The summed E-state index contributed by atoms with van der Waals surface area (Å²) in [5, 5.41) is 11.0. The fourth-order valence-corrected chi connectivity index (χ4v) is 4.07. The topological polar surface area (TPSA) is 20.2 Å². The normalized spacial score (nSPS) is 12.8. The van der Waals surface area contributed by atoms with E-state index >= 15 is 0 Å². The molecule has 17 heavy (non-hydrogen) atoms. The number of benzene rings is 1. The first kappa shape index (κ1) is 13.6. The maximum absolute atomic E-state index is 10.4. The first-order chi connectivity index (χ1) is 7.99. The minimum Gasteiger partial charge on any atom is -0.383 e. The molecule has 2 aromatic rings. The molecule has 1 N–H and O–H groups in total. The minimum absolute atomic E-state index is 0.617. The highest BCUT2D eigenvalue weighted by Crippen LogP contribution is 2.38. The molecule has 1 nitrogen and oxygen atoms in total. The maximum atomic E-state index is 10.4. The van der Waals surface area contributed by atoms with E-state index in [1.165, 1.54) is 0 Å².